The predicted octanol–water partition coefficient (Wildman–Crippen LogP) is 4.05. The largest absolute Gasteiger partial charge is 0.496 e. The van der Waals surface area contributed by atoms with Crippen molar-refractivity contribution in [3.63, 3.8) is 0 Å². The molecule has 0 saturated carbocycles. The van der Waals surface area contributed by atoms with Gasteiger partial charge in [-0.05, 0) is 36.8 Å². The van der Waals surface area contributed by atoms with E-state index in [-0.39, 0.29) is 0 Å². The van der Waals surface area contributed by atoms with Gasteiger partial charge in [0, 0.05) is 20.3 Å². The van der Waals surface area contributed by atoms with Crippen molar-refractivity contribution in [2.24, 2.45) is 0 Å². The maximum Gasteiger partial charge on any atom is 0.125 e. The highest BCUT2D eigenvalue weighted by Crippen LogP contribution is 2.35. The van der Waals surface area contributed by atoms with Crippen LogP contribution in [0.3, 0.4) is 0 Å². The fourth-order valence-corrected chi connectivity index (χ4v) is 2.94. The summed E-state index contributed by atoms with van der Waals surface area (Å²) in [4.78, 5) is 2.16. The van der Waals surface area contributed by atoms with E-state index < -0.39 is 6.10 Å². The third kappa shape index (κ3) is 2.69. The van der Waals surface area contributed by atoms with E-state index >= 15 is 0 Å². The first-order chi connectivity index (χ1) is 8.65. The topological polar surface area (TPSA) is 29.5 Å². The molecule has 1 aromatic carbocycles. The summed E-state index contributed by atoms with van der Waals surface area (Å²) >= 11 is 7.59. The minimum atomic E-state index is -0.691. The molecule has 0 aliphatic rings. The smallest absolute Gasteiger partial charge is 0.125 e. The lowest BCUT2D eigenvalue weighted by Gasteiger charge is -2.13. The molecule has 96 valence electrons. The second kappa shape index (κ2) is 5.74. The Labute approximate surface area is 116 Å². The van der Waals surface area contributed by atoms with E-state index in [1.165, 1.54) is 4.88 Å². The second-order valence-electron chi connectivity index (χ2n) is 3.95. The Bertz CT molecular complexity index is 536. The molecule has 2 nitrogen and oxygen atoms in total. The molecule has 1 unspecified atom stereocenters. The number of aryl methyl sites for hydroxylation is 1. The van der Waals surface area contributed by atoms with Crippen molar-refractivity contribution < 1.29 is 9.84 Å². The summed E-state index contributed by atoms with van der Waals surface area (Å²) in [7, 11) is 1.59. The number of halogens is 1. The van der Waals surface area contributed by atoms with E-state index in [1.807, 2.05) is 12.1 Å². The molecular formula is C14H15ClO2S. The van der Waals surface area contributed by atoms with Crippen molar-refractivity contribution in [1.82, 2.24) is 0 Å². The van der Waals surface area contributed by atoms with Crippen LogP contribution in [0.2, 0.25) is 5.02 Å². The molecule has 1 aromatic heterocycles. The highest BCUT2D eigenvalue weighted by molar-refractivity contribution is 7.12. The Morgan fingerprint density at radius 3 is 2.72 bits per heavy atom. The third-order valence-electron chi connectivity index (χ3n) is 2.79. The van der Waals surface area contributed by atoms with Gasteiger partial charge in [0.05, 0.1) is 7.11 Å². The molecule has 0 aliphatic carbocycles. The number of benzene rings is 1. The fourth-order valence-electron chi connectivity index (χ4n) is 1.80. The third-order valence-corrected chi connectivity index (χ3v) is 4.30. The van der Waals surface area contributed by atoms with Crippen LogP contribution in [-0.4, -0.2) is 12.2 Å². The summed E-state index contributed by atoms with van der Waals surface area (Å²) in [5.41, 5.74) is 0.703. The molecule has 1 N–H and O–H groups in total. The van der Waals surface area contributed by atoms with Crippen molar-refractivity contribution in [3.05, 3.63) is 50.7 Å². The van der Waals surface area contributed by atoms with Crippen LogP contribution in [0.25, 0.3) is 0 Å². The van der Waals surface area contributed by atoms with Crippen LogP contribution >= 0.6 is 22.9 Å². The molecular weight excluding hydrogens is 268 g/mol. The maximum atomic E-state index is 10.4. The monoisotopic (exact) mass is 282 g/mol. The van der Waals surface area contributed by atoms with E-state index in [1.54, 1.807) is 36.6 Å². The van der Waals surface area contributed by atoms with Gasteiger partial charge in [-0.2, -0.15) is 0 Å². The zero-order valence-corrected chi connectivity index (χ0v) is 11.9. The average Bonchev–Trinajstić information content (AvgIpc) is 2.86. The molecule has 0 aliphatic heterocycles. The van der Waals surface area contributed by atoms with Gasteiger partial charge in [-0.1, -0.05) is 18.5 Å². The first-order valence-electron chi connectivity index (χ1n) is 5.75. The molecule has 0 amide bonds. The number of methoxy groups -OCH3 is 1. The zero-order chi connectivity index (χ0) is 13.1. The van der Waals surface area contributed by atoms with Crippen LogP contribution in [0.5, 0.6) is 5.75 Å². The first kappa shape index (κ1) is 13.4. The standard InChI is InChI=1S/C14H15ClO2S/c1-3-10-5-7-13(18-10)14(16)11-8-9(15)4-6-12(11)17-2/h4-8,14,16H,3H2,1-2H3. The van der Waals surface area contributed by atoms with E-state index in [2.05, 4.69) is 6.92 Å². The average molecular weight is 283 g/mol. The maximum absolute atomic E-state index is 10.4. The van der Waals surface area contributed by atoms with Crippen LogP contribution in [0.15, 0.2) is 30.3 Å². The predicted molar refractivity (Wildman–Crippen MR) is 75.8 cm³/mol. The highest BCUT2D eigenvalue weighted by atomic mass is 35.5. The molecule has 4 heteroatoms. The molecule has 1 heterocycles. The van der Waals surface area contributed by atoms with Crippen LogP contribution in [0.4, 0.5) is 0 Å². The Morgan fingerprint density at radius 1 is 1.33 bits per heavy atom. The van der Waals surface area contributed by atoms with Crippen LogP contribution in [0.1, 0.15) is 28.3 Å². The van der Waals surface area contributed by atoms with Crippen molar-refractivity contribution in [2.75, 3.05) is 7.11 Å². The molecule has 0 saturated heterocycles. The van der Waals surface area contributed by atoms with Crippen LogP contribution in [-0.2, 0) is 6.42 Å². The molecule has 0 fully saturated rings. The van der Waals surface area contributed by atoms with Gasteiger partial charge in [0.2, 0.25) is 0 Å². The van der Waals surface area contributed by atoms with Gasteiger partial charge in [0.15, 0.2) is 0 Å². The van der Waals surface area contributed by atoms with Crippen molar-refractivity contribution >= 4 is 22.9 Å². The molecule has 2 aromatic rings. The second-order valence-corrected chi connectivity index (χ2v) is 5.58. The Hall–Kier alpha value is -1.03. The molecule has 0 spiro atoms. The highest BCUT2D eigenvalue weighted by Gasteiger charge is 2.17. The molecule has 18 heavy (non-hydrogen) atoms. The fraction of sp³-hybridized carbons (Fsp3) is 0.286. The van der Waals surface area contributed by atoms with Crippen molar-refractivity contribution in [1.29, 1.82) is 0 Å². The summed E-state index contributed by atoms with van der Waals surface area (Å²) < 4.78 is 5.26. The Kier molecular flexibility index (Phi) is 4.27. The lowest BCUT2D eigenvalue weighted by Crippen LogP contribution is -2.00. The van der Waals surface area contributed by atoms with E-state index in [0.29, 0.717) is 16.3 Å². The van der Waals surface area contributed by atoms with Gasteiger partial charge in [-0.3, -0.25) is 0 Å². The summed E-state index contributed by atoms with van der Waals surface area (Å²) in [5, 5.41) is 11.0. The molecule has 1 atom stereocenters. The van der Waals surface area contributed by atoms with Gasteiger partial charge < -0.3 is 9.84 Å². The quantitative estimate of drug-likeness (QED) is 0.916. The van der Waals surface area contributed by atoms with Crippen LogP contribution < -0.4 is 4.74 Å². The van der Waals surface area contributed by atoms with E-state index in [4.69, 9.17) is 16.3 Å². The Morgan fingerprint density at radius 2 is 2.11 bits per heavy atom. The van der Waals surface area contributed by atoms with Crippen molar-refractivity contribution in [2.45, 2.75) is 19.4 Å². The number of rotatable bonds is 4. The summed E-state index contributed by atoms with van der Waals surface area (Å²) in [5.74, 6) is 0.651. The Balaban J connectivity index is 2.38. The molecule has 0 radical (unpaired) electrons. The minimum Gasteiger partial charge on any atom is -0.496 e. The number of thiophene rings is 1. The number of aliphatic hydroxyl groups is 1. The lowest BCUT2D eigenvalue weighted by molar-refractivity contribution is 0.218. The summed E-state index contributed by atoms with van der Waals surface area (Å²) in [6.07, 6.45) is 0.285. The van der Waals surface area contributed by atoms with Gasteiger partial charge >= 0.3 is 0 Å². The number of ether oxygens (including phenoxy) is 1. The molecule has 2 rings (SSSR count). The van der Waals surface area contributed by atoms with Gasteiger partial charge in [0.1, 0.15) is 11.9 Å². The number of hydrogen-bond acceptors (Lipinski definition) is 3. The first-order valence-corrected chi connectivity index (χ1v) is 6.95. The van der Waals surface area contributed by atoms with Gasteiger partial charge in [-0.25, -0.2) is 0 Å². The van der Waals surface area contributed by atoms with Crippen LogP contribution in [0, 0.1) is 0 Å². The number of hydrogen-bond donors (Lipinski definition) is 1. The normalized spacial score (nSPS) is 12.4. The minimum absolute atomic E-state index is 0.595. The lowest BCUT2D eigenvalue weighted by atomic mass is 10.1. The summed E-state index contributed by atoms with van der Waals surface area (Å²) in [6, 6.07) is 9.27. The number of aliphatic hydroxyl groups excluding tert-OH is 1. The van der Waals surface area contributed by atoms with E-state index in [0.717, 1.165) is 11.3 Å². The zero-order valence-electron chi connectivity index (χ0n) is 10.3. The van der Waals surface area contributed by atoms with E-state index in [9.17, 15) is 5.11 Å². The van der Waals surface area contributed by atoms with Gasteiger partial charge in [-0.15, -0.1) is 11.3 Å². The molecule has 0 bridgehead atoms. The SMILES string of the molecule is CCc1ccc(C(O)c2cc(Cl)ccc2OC)s1. The summed E-state index contributed by atoms with van der Waals surface area (Å²) in [6.45, 7) is 2.10. The van der Waals surface area contributed by atoms with Gasteiger partial charge in [0.25, 0.3) is 0 Å². The van der Waals surface area contributed by atoms with Crippen molar-refractivity contribution in [3.8, 4) is 5.75 Å².